The van der Waals surface area contributed by atoms with Gasteiger partial charge in [0.2, 0.25) is 5.91 Å². The van der Waals surface area contributed by atoms with E-state index in [9.17, 15) is 19.2 Å². The summed E-state index contributed by atoms with van der Waals surface area (Å²) < 4.78 is 5.09. The first-order valence-electron chi connectivity index (χ1n) is 9.38. The Morgan fingerprint density at radius 1 is 1.17 bits per heavy atom. The summed E-state index contributed by atoms with van der Waals surface area (Å²) in [7, 11) is 0. The Hall–Kier alpha value is -3.19. The maximum Gasteiger partial charge on any atom is 0.311 e. The van der Waals surface area contributed by atoms with Crippen molar-refractivity contribution in [3.63, 3.8) is 0 Å². The molecule has 3 rings (SSSR count). The summed E-state index contributed by atoms with van der Waals surface area (Å²) in [6.45, 7) is 3.02. The molecule has 7 nitrogen and oxygen atoms in total. The topological polar surface area (TPSA) is 92.8 Å². The molecule has 1 aliphatic rings. The molecule has 30 heavy (non-hydrogen) atoms. The van der Waals surface area contributed by atoms with Gasteiger partial charge in [-0.2, -0.15) is 0 Å². The number of hydrogen-bond donors (Lipinski definition) is 1. The van der Waals surface area contributed by atoms with Crippen molar-refractivity contribution in [2.45, 2.75) is 20.3 Å². The minimum atomic E-state index is -0.653. The van der Waals surface area contributed by atoms with Gasteiger partial charge >= 0.3 is 5.97 Å². The van der Waals surface area contributed by atoms with Crippen molar-refractivity contribution in [1.82, 2.24) is 0 Å². The summed E-state index contributed by atoms with van der Waals surface area (Å²) in [5.74, 6) is -2.04. The van der Waals surface area contributed by atoms with Gasteiger partial charge in [-0.15, -0.1) is 0 Å². The summed E-state index contributed by atoms with van der Waals surface area (Å²) in [5.41, 5.74) is 2.53. The van der Waals surface area contributed by atoms with Gasteiger partial charge in [0.1, 0.15) is 0 Å². The van der Waals surface area contributed by atoms with Gasteiger partial charge in [0, 0.05) is 34.9 Å². The fraction of sp³-hybridized carbons (Fsp3) is 0.273. The van der Waals surface area contributed by atoms with Gasteiger partial charge in [-0.1, -0.05) is 17.7 Å². The summed E-state index contributed by atoms with van der Waals surface area (Å²) in [4.78, 5) is 49.4. The molecule has 0 aromatic heterocycles. The molecular formula is C22H21ClN2O5. The molecule has 0 unspecified atom stereocenters. The van der Waals surface area contributed by atoms with Crippen molar-refractivity contribution >= 4 is 46.5 Å². The van der Waals surface area contributed by atoms with Crippen molar-refractivity contribution in [2.75, 3.05) is 23.4 Å². The van der Waals surface area contributed by atoms with Crippen LogP contribution in [0, 0.1) is 12.8 Å². The highest BCUT2D eigenvalue weighted by Crippen LogP contribution is 2.29. The molecule has 0 aliphatic carbocycles. The van der Waals surface area contributed by atoms with Crippen molar-refractivity contribution in [1.29, 1.82) is 0 Å². The van der Waals surface area contributed by atoms with Crippen LogP contribution in [-0.4, -0.2) is 36.7 Å². The highest BCUT2D eigenvalue weighted by molar-refractivity contribution is 6.31. The third kappa shape index (κ3) is 5.04. The zero-order valence-electron chi connectivity index (χ0n) is 16.6. The molecule has 2 aromatic rings. The molecule has 2 amide bonds. The number of ether oxygens (including phenoxy) is 1. The molecule has 156 valence electrons. The van der Waals surface area contributed by atoms with Gasteiger partial charge < -0.3 is 15.0 Å². The summed E-state index contributed by atoms with van der Waals surface area (Å²) in [5, 5.41) is 3.13. The Labute approximate surface area is 179 Å². The minimum absolute atomic E-state index is 0.0124. The molecule has 0 saturated carbocycles. The van der Waals surface area contributed by atoms with E-state index >= 15 is 0 Å². The van der Waals surface area contributed by atoms with Crippen LogP contribution >= 0.6 is 11.6 Å². The molecule has 1 heterocycles. The van der Waals surface area contributed by atoms with E-state index < -0.39 is 24.4 Å². The summed E-state index contributed by atoms with van der Waals surface area (Å²) >= 11 is 6.12. The lowest BCUT2D eigenvalue weighted by Gasteiger charge is -2.17. The van der Waals surface area contributed by atoms with Crippen molar-refractivity contribution in [3.05, 3.63) is 58.6 Å². The second kappa shape index (κ2) is 9.09. The average molecular weight is 429 g/mol. The highest BCUT2D eigenvalue weighted by atomic mass is 35.5. The number of amides is 2. The molecule has 1 fully saturated rings. The Morgan fingerprint density at radius 2 is 1.87 bits per heavy atom. The molecule has 1 aliphatic heterocycles. The summed E-state index contributed by atoms with van der Waals surface area (Å²) in [6.07, 6.45) is 0.0124. The Balaban J connectivity index is 1.52. The number of halogens is 1. The number of carbonyl (C=O) groups is 4. The van der Waals surface area contributed by atoms with Gasteiger partial charge in [0.05, 0.1) is 5.92 Å². The molecule has 2 aromatic carbocycles. The lowest BCUT2D eigenvalue weighted by molar-refractivity contribution is -0.151. The first-order valence-corrected chi connectivity index (χ1v) is 9.76. The number of anilines is 2. The van der Waals surface area contributed by atoms with E-state index in [1.165, 1.54) is 11.8 Å². The Morgan fingerprint density at radius 3 is 2.50 bits per heavy atom. The zero-order valence-corrected chi connectivity index (χ0v) is 17.4. The first-order chi connectivity index (χ1) is 14.2. The van der Waals surface area contributed by atoms with Crippen molar-refractivity contribution in [3.8, 4) is 0 Å². The monoisotopic (exact) mass is 428 g/mol. The number of Topliss-reactive ketones (excluding diaryl/α,β-unsaturated/α-hetero) is 1. The fourth-order valence-corrected chi connectivity index (χ4v) is 3.28. The fourth-order valence-electron chi connectivity index (χ4n) is 3.10. The van der Waals surface area contributed by atoms with Crippen LogP contribution < -0.4 is 10.2 Å². The first kappa shape index (κ1) is 21.5. The number of rotatable bonds is 6. The van der Waals surface area contributed by atoms with Crippen LogP contribution in [0.4, 0.5) is 11.4 Å². The molecule has 1 atom stereocenters. The van der Waals surface area contributed by atoms with Crippen LogP contribution in [0.1, 0.15) is 29.3 Å². The van der Waals surface area contributed by atoms with Crippen LogP contribution in [0.5, 0.6) is 0 Å². The predicted molar refractivity (Wildman–Crippen MR) is 113 cm³/mol. The number of carbonyl (C=O) groups excluding carboxylic acids is 4. The van der Waals surface area contributed by atoms with E-state index in [2.05, 4.69) is 5.32 Å². The predicted octanol–water partition coefficient (Wildman–Crippen LogP) is 3.39. The number of esters is 1. The minimum Gasteiger partial charge on any atom is -0.455 e. The normalized spacial score (nSPS) is 15.8. The standard InChI is InChI=1S/C22H21ClN2O5/c1-13-3-8-18(10-19(13)23)25-11-16(9-21(25)28)22(29)30-12-20(27)24-17-6-4-15(5-7-17)14(2)26/h3-8,10,16H,9,11-12H2,1-2H3,(H,24,27)/t16-/m0/s1. The van der Waals surface area contributed by atoms with E-state index in [1.54, 1.807) is 36.4 Å². The molecule has 1 saturated heterocycles. The second-order valence-corrected chi connectivity index (χ2v) is 7.54. The lowest BCUT2D eigenvalue weighted by Crippen LogP contribution is -2.28. The maximum absolute atomic E-state index is 12.3. The molecule has 0 spiro atoms. The van der Waals surface area contributed by atoms with E-state index in [0.717, 1.165) is 5.56 Å². The largest absolute Gasteiger partial charge is 0.455 e. The van der Waals surface area contributed by atoms with Crippen LogP contribution in [0.15, 0.2) is 42.5 Å². The van der Waals surface area contributed by atoms with E-state index in [1.807, 2.05) is 13.0 Å². The number of nitrogens with zero attached hydrogens (tertiary/aromatic N) is 1. The quantitative estimate of drug-likeness (QED) is 0.562. The number of hydrogen-bond acceptors (Lipinski definition) is 5. The molecular weight excluding hydrogens is 408 g/mol. The number of aryl methyl sites for hydroxylation is 1. The van der Waals surface area contributed by atoms with Gasteiger partial charge in [0.25, 0.3) is 5.91 Å². The maximum atomic E-state index is 12.3. The van der Waals surface area contributed by atoms with Crippen LogP contribution in [0.3, 0.4) is 0 Å². The lowest BCUT2D eigenvalue weighted by atomic mass is 10.1. The van der Waals surface area contributed by atoms with Gasteiger partial charge in [-0.05, 0) is 55.8 Å². The average Bonchev–Trinajstić information content (AvgIpc) is 3.10. The van der Waals surface area contributed by atoms with Gasteiger partial charge in [-0.25, -0.2) is 0 Å². The zero-order chi connectivity index (χ0) is 21.8. The van der Waals surface area contributed by atoms with E-state index in [4.69, 9.17) is 16.3 Å². The molecule has 0 bridgehead atoms. The Bertz CT molecular complexity index is 1000. The van der Waals surface area contributed by atoms with Gasteiger partial charge in [-0.3, -0.25) is 19.2 Å². The van der Waals surface area contributed by atoms with Crippen LogP contribution in [0.25, 0.3) is 0 Å². The molecule has 8 heteroatoms. The third-order valence-electron chi connectivity index (χ3n) is 4.85. The summed E-state index contributed by atoms with van der Waals surface area (Å²) in [6, 6.07) is 11.7. The number of ketones is 1. The second-order valence-electron chi connectivity index (χ2n) is 7.13. The van der Waals surface area contributed by atoms with E-state index in [-0.39, 0.29) is 24.7 Å². The van der Waals surface area contributed by atoms with E-state index in [0.29, 0.717) is 22.0 Å². The van der Waals surface area contributed by atoms with Crippen molar-refractivity contribution in [2.24, 2.45) is 5.92 Å². The van der Waals surface area contributed by atoms with Crippen molar-refractivity contribution < 1.29 is 23.9 Å². The number of nitrogens with one attached hydrogen (secondary N) is 1. The van der Waals surface area contributed by atoms with Gasteiger partial charge in [0.15, 0.2) is 12.4 Å². The molecule has 1 N–H and O–H groups in total. The molecule has 0 radical (unpaired) electrons. The van der Waals surface area contributed by atoms with Crippen LogP contribution in [-0.2, 0) is 19.1 Å². The van der Waals surface area contributed by atoms with Crippen LogP contribution in [0.2, 0.25) is 5.02 Å². The number of benzene rings is 2. The Kier molecular flexibility index (Phi) is 6.52. The third-order valence-corrected chi connectivity index (χ3v) is 5.25. The highest BCUT2D eigenvalue weighted by Gasteiger charge is 2.36. The SMILES string of the molecule is CC(=O)c1ccc(NC(=O)COC(=O)[C@H]2CC(=O)N(c3ccc(C)c(Cl)c3)C2)cc1. The smallest absolute Gasteiger partial charge is 0.311 e.